The molecular weight excluding hydrogens is 376 g/mol. The van der Waals surface area contributed by atoms with Gasteiger partial charge in [-0.3, -0.25) is 0 Å². The predicted molar refractivity (Wildman–Crippen MR) is 123 cm³/mol. The van der Waals surface area contributed by atoms with Crippen molar-refractivity contribution in [1.82, 2.24) is 15.0 Å². The van der Waals surface area contributed by atoms with Crippen molar-refractivity contribution < 1.29 is 0 Å². The Kier molecular flexibility index (Phi) is 5.77. The number of nitrogens with zero attached hydrogens (tertiary/aromatic N) is 4. The Hall–Kier alpha value is -3.31. The fourth-order valence-electron chi connectivity index (χ4n) is 3.15. The summed E-state index contributed by atoms with van der Waals surface area (Å²) < 4.78 is 1.86. The average molecular weight is 399 g/mol. The molecule has 0 aliphatic rings. The fourth-order valence-corrected chi connectivity index (χ4v) is 3.39. The topological polar surface area (TPSA) is 34.0 Å². The van der Waals surface area contributed by atoms with Crippen molar-refractivity contribution in [3.63, 3.8) is 0 Å². The van der Waals surface area contributed by atoms with Gasteiger partial charge in [-0.1, -0.05) is 41.6 Å². The van der Waals surface area contributed by atoms with Crippen molar-refractivity contribution in [2.75, 3.05) is 11.2 Å². The molecule has 0 spiro atoms. The molecule has 4 rings (SSSR count). The van der Waals surface area contributed by atoms with E-state index in [1.54, 1.807) is 18.0 Å². The van der Waals surface area contributed by atoms with Crippen LogP contribution in [0.1, 0.15) is 12.6 Å². The number of rotatable bonds is 6. The first-order valence-corrected chi connectivity index (χ1v) is 10.6. The lowest BCUT2D eigenvalue weighted by Crippen LogP contribution is -2.10. The SMILES string of the molecule is CS/C(C)=C\c1cnnn1-c1ccc(N(c2ccccc2)c2ccccc2)cc1. The molecule has 0 aliphatic carbocycles. The lowest BCUT2D eigenvalue weighted by molar-refractivity contribution is 0.798. The minimum absolute atomic E-state index is 0.965. The van der Waals surface area contributed by atoms with Crippen LogP contribution in [0.25, 0.3) is 11.8 Å². The summed E-state index contributed by atoms with van der Waals surface area (Å²) >= 11 is 1.71. The number of benzene rings is 3. The van der Waals surface area contributed by atoms with E-state index in [1.807, 2.05) is 16.8 Å². The maximum absolute atomic E-state index is 4.26. The van der Waals surface area contributed by atoms with Gasteiger partial charge >= 0.3 is 0 Å². The number of anilines is 3. The monoisotopic (exact) mass is 398 g/mol. The summed E-state index contributed by atoms with van der Waals surface area (Å²) in [5, 5.41) is 8.35. The molecule has 0 aliphatic heterocycles. The van der Waals surface area contributed by atoms with E-state index in [2.05, 4.69) is 107 Å². The van der Waals surface area contributed by atoms with Gasteiger partial charge in [-0.2, -0.15) is 0 Å². The van der Waals surface area contributed by atoms with Gasteiger partial charge in [0, 0.05) is 17.1 Å². The van der Waals surface area contributed by atoms with Gasteiger partial charge in [0.05, 0.1) is 17.6 Å². The smallest absolute Gasteiger partial charge is 0.0879 e. The summed E-state index contributed by atoms with van der Waals surface area (Å²) in [4.78, 5) is 3.45. The summed E-state index contributed by atoms with van der Waals surface area (Å²) in [6.07, 6.45) is 5.95. The first-order chi connectivity index (χ1) is 14.3. The maximum Gasteiger partial charge on any atom is 0.0879 e. The second kappa shape index (κ2) is 8.80. The van der Waals surface area contributed by atoms with E-state index >= 15 is 0 Å². The molecule has 1 aromatic heterocycles. The van der Waals surface area contributed by atoms with Gasteiger partial charge in [-0.25, -0.2) is 4.68 Å². The molecule has 0 bridgehead atoms. The second-order valence-corrected chi connectivity index (χ2v) is 7.60. The van der Waals surface area contributed by atoms with E-state index in [-0.39, 0.29) is 0 Å². The van der Waals surface area contributed by atoms with Gasteiger partial charge in [0.2, 0.25) is 0 Å². The average Bonchev–Trinajstić information content (AvgIpc) is 3.24. The lowest BCUT2D eigenvalue weighted by atomic mass is 10.2. The van der Waals surface area contributed by atoms with E-state index in [4.69, 9.17) is 0 Å². The molecule has 0 fully saturated rings. The third-order valence-electron chi connectivity index (χ3n) is 4.63. The van der Waals surface area contributed by atoms with Gasteiger partial charge in [0.15, 0.2) is 0 Å². The van der Waals surface area contributed by atoms with Crippen LogP contribution in [0.2, 0.25) is 0 Å². The third kappa shape index (κ3) is 4.25. The normalized spacial score (nSPS) is 11.4. The molecule has 0 radical (unpaired) electrons. The molecule has 0 saturated carbocycles. The zero-order valence-electron chi connectivity index (χ0n) is 16.4. The van der Waals surface area contributed by atoms with Crippen molar-refractivity contribution in [3.05, 3.63) is 102 Å². The van der Waals surface area contributed by atoms with Gasteiger partial charge < -0.3 is 4.90 Å². The fraction of sp³-hybridized carbons (Fsp3) is 0.0833. The highest BCUT2D eigenvalue weighted by Crippen LogP contribution is 2.34. The Morgan fingerprint density at radius 1 is 0.828 bits per heavy atom. The van der Waals surface area contributed by atoms with Gasteiger partial charge in [-0.05, 0) is 72.7 Å². The summed E-state index contributed by atoms with van der Waals surface area (Å²) in [5.74, 6) is 0. The van der Waals surface area contributed by atoms with Crippen LogP contribution in [0.15, 0.2) is 96.0 Å². The minimum Gasteiger partial charge on any atom is -0.311 e. The van der Waals surface area contributed by atoms with Crippen LogP contribution in [0.4, 0.5) is 17.1 Å². The van der Waals surface area contributed by atoms with Crippen molar-refractivity contribution in [2.24, 2.45) is 0 Å². The van der Waals surface area contributed by atoms with Crippen LogP contribution in [-0.4, -0.2) is 21.2 Å². The van der Waals surface area contributed by atoms with Crippen LogP contribution in [0, 0.1) is 0 Å². The summed E-state index contributed by atoms with van der Waals surface area (Å²) in [6.45, 7) is 2.09. The van der Waals surface area contributed by atoms with Crippen molar-refractivity contribution >= 4 is 34.9 Å². The van der Waals surface area contributed by atoms with Crippen LogP contribution < -0.4 is 4.90 Å². The highest BCUT2D eigenvalue weighted by atomic mass is 32.2. The third-order valence-corrected chi connectivity index (χ3v) is 5.39. The largest absolute Gasteiger partial charge is 0.311 e. The highest BCUT2D eigenvalue weighted by Gasteiger charge is 2.12. The molecule has 4 nitrogen and oxygen atoms in total. The molecule has 0 unspecified atom stereocenters. The van der Waals surface area contributed by atoms with Crippen molar-refractivity contribution in [1.29, 1.82) is 0 Å². The van der Waals surface area contributed by atoms with E-state index in [9.17, 15) is 0 Å². The quantitative estimate of drug-likeness (QED) is 0.373. The number of para-hydroxylation sites is 2. The first-order valence-electron chi connectivity index (χ1n) is 9.40. The van der Waals surface area contributed by atoms with Crippen LogP contribution in [0.3, 0.4) is 0 Å². The number of aromatic nitrogens is 3. The summed E-state index contributed by atoms with van der Waals surface area (Å²) in [7, 11) is 0. The van der Waals surface area contributed by atoms with Crippen molar-refractivity contribution in [2.45, 2.75) is 6.92 Å². The number of hydrogen-bond donors (Lipinski definition) is 0. The summed E-state index contributed by atoms with van der Waals surface area (Å²) in [6, 6.07) is 29.2. The number of hydrogen-bond acceptors (Lipinski definition) is 4. The van der Waals surface area contributed by atoms with Crippen LogP contribution in [0.5, 0.6) is 0 Å². The van der Waals surface area contributed by atoms with Crippen LogP contribution in [-0.2, 0) is 0 Å². The Bertz CT molecular complexity index is 1050. The molecule has 5 heteroatoms. The molecule has 0 N–H and O–H groups in total. The molecule has 1 heterocycles. The molecule has 29 heavy (non-hydrogen) atoms. The minimum atomic E-state index is 0.965. The lowest BCUT2D eigenvalue weighted by Gasteiger charge is -2.25. The maximum atomic E-state index is 4.26. The molecule has 0 atom stereocenters. The number of allylic oxidation sites excluding steroid dienone is 1. The highest BCUT2D eigenvalue weighted by molar-refractivity contribution is 8.02. The van der Waals surface area contributed by atoms with Gasteiger partial charge in [-0.15, -0.1) is 16.9 Å². The predicted octanol–water partition coefficient (Wildman–Crippen LogP) is 6.46. The number of thioether (sulfide) groups is 1. The Morgan fingerprint density at radius 3 is 1.93 bits per heavy atom. The van der Waals surface area contributed by atoms with Crippen molar-refractivity contribution in [3.8, 4) is 5.69 Å². The van der Waals surface area contributed by atoms with Gasteiger partial charge in [0.25, 0.3) is 0 Å². The van der Waals surface area contributed by atoms with E-state index in [1.165, 1.54) is 4.91 Å². The standard InChI is InChI=1S/C24H22N4S/c1-19(29-2)17-24-18-25-26-28(24)23-15-13-22(14-16-23)27(20-9-5-3-6-10-20)21-11-7-4-8-12-21/h3-18H,1-2H3/b19-17-. The Balaban J connectivity index is 1.72. The summed E-state index contributed by atoms with van der Waals surface area (Å²) in [5.41, 5.74) is 5.27. The molecule has 0 amide bonds. The molecular formula is C24H22N4S. The molecule has 3 aromatic carbocycles. The van der Waals surface area contributed by atoms with Crippen LogP contribution >= 0.6 is 11.8 Å². The van der Waals surface area contributed by atoms with E-state index < -0.39 is 0 Å². The van der Waals surface area contributed by atoms with Gasteiger partial charge in [0.1, 0.15) is 0 Å². The second-order valence-electron chi connectivity index (χ2n) is 6.55. The Morgan fingerprint density at radius 2 is 1.38 bits per heavy atom. The molecule has 144 valence electrons. The molecule has 4 aromatic rings. The zero-order valence-corrected chi connectivity index (χ0v) is 17.3. The molecule has 0 saturated heterocycles. The van der Waals surface area contributed by atoms with E-state index in [0.29, 0.717) is 0 Å². The zero-order chi connectivity index (χ0) is 20.1. The first kappa shape index (κ1) is 19.0. The van der Waals surface area contributed by atoms with E-state index in [0.717, 1.165) is 28.4 Å². The Labute approximate surface area is 175 Å².